The third kappa shape index (κ3) is 4.19. The molecule has 1 fully saturated rings. The predicted octanol–water partition coefficient (Wildman–Crippen LogP) is 5.18. The fourth-order valence-electron chi connectivity index (χ4n) is 4.16. The molecule has 1 aliphatic heterocycles. The van der Waals surface area contributed by atoms with Gasteiger partial charge >= 0.3 is 0 Å². The summed E-state index contributed by atoms with van der Waals surface area (Å²) in [6, 6.07) is 11.7. The summed E-state index contributed by atoms with van der Waals surface area (Å²) < 4.78 is 33.7. The second-order valence-corrected chi connectivity index (χ2v) is 8.55. The molecule has 1 unspecified atom stereocenters. The molecule has 3 heterocycles. The van der Waals surface area contributed by atoms with Gasteiger partial charge in [-0.3, -0.25) is 4.79 Å². The molecule has 0 saturated carbocycles. The van der Waals surface area contributed by atoms with Crippen LogP contribution in [0.3, 0.4) is 0 Å². The van der Waals surface area contributed by atoms with Gasteiger partial charge in [-0.1, -0.05) is 28.9 Å². The fraction of sp³-hybridized carbons (Fsp3) is 0.250. The number of nitrogens with zero attached hydrogens (tertiary/aromatic N) is 5. The van der Waals surface area contributed by atoms with Crippen LogP contribution in [0.4, 0.5) is 8.78 Å². The number of carbonyl (C=O) groups is 1. The molecule has 34 heavy (non-hydrogen) atoms. The number of piperidine rings is 1. The molecule has 0 bridgehead atoms. The lowest BCUT2D eigenvalue weighted by molar-refractivity contribution is 0.0695. The average Bonchev–Trinajstić information content (AvgIpc) is 3.44. The Balaban J connectivity index is 1.36. The Morgan fingerprint density at radius 2 is 1.94 bits per heavy atom. The van der Waals surface area contributed by atoms with E-state index in [0.717, 1.165) is 12.8 Å². The molecular weight excluding hydrogens is 464 g/mol. The number of rotatable bonds is 4. The van der Waals surface area contributed by atoms with Gasteiger partial charge in [-0.05, 0) is 56.2 Å². The lowest BCUT2D eigenvalue weighted by atomic mass is 9.97. The van der Waals surface area contributed by atoms with Crippen molar-refractivity contribution in [2.45, 2.75) is 25.7 Å². The number of hydrogen-bond acceptors (Lipinski definition) is 5. The van der Waals surface area contributed by atoms with Crippen LogP contribution in [-0.2, 0) is 0 Å². The Morgan fingerprint density at radius 3 is 2.71 bits per heavy atom. The van der Waals surface area contributed by atoms with Gasteiger partial charge in [0.1, 0.15) is 16.8 Å². The van der Waals surface area contributed by atoms with Crippen LogP contribution >= 0.6 is 11.6 Å². The molecule has 7 nitrogen and oxygen atoms in total. The van der Waals surface area contributed by atoms with E-state index in [1.165, 1.54) is 28.9 Å². The molecule has 10 heteroatoms. The number of carbonyl (C=O) groups excluding carboxylic acids is 1. The Bertz CT molecular complexity index is 1350. The monoisotopic (exact) mass is 483 g/mol. The first kappa shape index (κ1) is 22.2. The van der Waals surface area contributed by atoms with Crippen LogP contribution in [0.15, 0.2) is 53.1 Å². The molecule has 1 saturated heterocycles. The molecule has 0 radical (unpaired) electrons. The SMILES string of the molecule is Cc1nn(-c2ccc(F)cc2)c(Cl)c1C(=O)N1CCCC(c2nc(-c3cccc(F)c3)no2)C1. The van der Waals surface area contributed by atoms with Gasteiger partial charge in [0.05, 0.1) is 22.9 Å². The van der Waals surface area contributed by atoms with Crippen molar-refractivity contribution in [1.29, 1.82) is 0 Å². The Labute approximate surface area is 198 Å². The molecule has 0 spiro atoms. The van der Waals surface area contributed by atoms with Gasteiger partial charge in [0.2, 0.25) is 11.7 Å². The van der Waals surface area contributed by atoms with Crippen molar-refractivity contribution >= 4 is 17.5 Å². The summed E-state index contributed by atoms with van der Waals surface area (Å²) >= 11 is 6.54. The molecule has 1 amide bonds. The van der Waals surface area contributed by atoms with Gasteiger partial charge < -0.3 is 9.42 Å². The standard InChI is InChI=1S/C24H20ClF2N5O2/c1-14-20(21(25)32(29-14)19-9-7-17(26)8-10-19)24(33)31-11-3-5-16(13-31)23-28-22(30-34-23)15-4-2-6-18(27)12-15/h2,4,6-10,12,16H,3,5,11,13H2,1H3. The van der Waals surface area contributed by atoms with E-state index < -0.39 is 0 Å². The molecule has 0 N–H and O–H groups in total. The van der Waals surface area contributed by atoms with E-state index in [-0.39, 0.29) is 28.6 Å². The summed E-state index contributed by atoms with van der Waals surface area (Å²) in [5, 5.41) is 8.54. The second-order valence-electron chi connectivity index (χ2n) is 8.20. The van der Waals surface area contributed by atoms with Gasteiger partial charge in [-0.2, -0.15) is 10.1 Å². The number of halogens is 3. The van der Waals surface area contributed by atoms with Crippen molar-refractivity contribution in [2.75, 3.05) is 13.1 Å². The highest BCUT2D eigenvalue weighted by atomic mass is 35.5. The maximum absolute atomic E-state index is 13.5. The van der Waals surface area contributed by atoms with E-state index in [9.17, 15) is 13.6 Å². The largest absolute Gasteiger partial charge is 0.339 e. The topological polar surface area (TPSA) is 77.1 Å². The van der Waals surface area contributed by atoms with E-state index in [1.807, 2.05) is 0 Å². The molecule has 4 aromatic rings. The Morgan fingerprint density at radius 1 is 1.15 bits per heavy atom. The van der Waals surface area contributed by atoms with Crippen molar-refractivity contribution in [1.82, 2.24) is 24.8 Å². The molecule has 5 rings (SSSR count). The third-order valence-corrected chi connectivity index (χ3v) is 6.22. The highest BCUT2D eigenvalue weighted by Gasteiger charge is 2.32. The number of aryl methyl sites for hydroxylation is 1. The molecule has 2 aromatic heterocycles. The van der Waals surface area contributed by atoms with Crippen LogP contribution in [0.25, 0.3) is 17.1 Å². The summed E-state index contributed by atoms with van der Waals surface area (Å²) in [4.78, 5) is 19.5. The van der Waals surface area contributed by atoms with Gasteiger partial charge in [-0.25, -0.2) is 13.5 Å². The first-order valence-corrected chi connectivity index (χ1v) is 11.2. The van der Waals surface area contributed by atoms with Crippen molar-refractivity contribution in [3.63, 3.8) is 0 Å². The minimum Gasteiger partial charge on any atom is -0.339 e. The average molecular weight is 484 g/mol. The summed E-state index contributed by atoms with van der Waals surface area (Å²) in [6.45, 7) is 2.64. The second kappa shape index (κ2) is 8.98. The van der Waals surface area contributed by atoms with E-state index in [1.54, 1.807) is 36.1 Å². The van der Waals surface area contributed by atoms with Crippen LogP contribution in [0.1, 0.15) is 40.7 Å². The van der Waals surface area contributed by atoms with E-state index in [0.29, 0.717) is 47.3 Å². The van der Waals surface area contributed by atoms with Crippen molar-refractivity contribution < 1.29 is 18.1 Å². The normalized spacial score (nSPS) is 16.1. The lowest BCUT2D eigenvalue weighted by Gasteiger charge is -2.31. The number of likely N-dealkylation sites (tertiary alicyclic amines) is 1. The van der Waals surface area contributed by atoms with Crippen LogP contribution in [0.2, 0.25) is 5.15 Å². The Kier molecular flexibility index (Phi) is 5.87. The summed E-state index contributed by atoms with van der Waals surface area (Å²) in [6.07, 6.45) is 1.52. The van der Waals surface area contributed by atoms with Gasteiger partial charge in [-0.15, -0.1) is 0 Å². The fourth-order valence-corrected chi connectivity index (χ4v) is 4.52. The predicted molar refractivity (Wildman–Crippen MR) is 121 cm³/mol. The zero-order valence-corrected chi connectivity index (χ0v) is 19.0. The first-order valence-electron chi connectivity index (χ1n) is 10.8. The van der Waals surface area contributed by atoms with Gasteiger partial charge in [0, 0.05) is 18.7 Å². The quantitative estimate of drug-likeness (QED) is 0.399. The molecule has 1 aliphatic rings. The number of hydrogen-bond donors (Lipinski definition) is 0. The zero-order chi connectivity index (χ0) is 23.8. The highest BCUT2D eigenvalue weighted by Crippen LogP contribution is 2.31. The summed E-state index contributed by atoms with van der Waals surface area (Å²) in [7, 11) is 0. The maximum atomic E-state index is 13.5. The molecular formula is C24H20ClF2N5O2. The Hall–Kier alpha value is -3.59. The zero-order valence-electron chi connectivity index (χ0n) is 18.2. The minimum absolute atomic E-state index is 0.154. The van der Waals surface area contributed by atoms with E-state index in [2.05, 4.69) is 15.2 Å². The minimum atomic E-state index is -0.383. The summed E-state index contributed by atoms with van der Waals surface area (Å²) in [5.41, 5.74) is 1.86. The number of benzene rings is 2. The lowest BCUT2D eigenvalue weighted by Crippen LogP contribution is -2.39. The van der Waals surface area contributed by atoms with Crippen molar-refractivity contribution in [2.24, 2.45) is 0 Å². The van der Waals surface area contributed by atoms with E-state index >= 15 is 0 Å². The molecule has 2 aromatic carbocycles. The van der Waals surface area contributed by atoms with Crippen LogP contribution in [0, 0.1) is 18.6 Å². The van der Waals surface area contributed by atoms with E-state index in [4.69, 9.17) is 16.1 Å². The highest BCUT2D eigenvalue weighted by molar-refractivity contribution is 6.33. The number of aromatic nitrogens is 4. The van der Waals surface area contributed by atoms with Crippen LogP contribution in [-0.4, -0.2) is 43.8 Å². The van der Waals surface area contributed by atoms with Crippen LogP contribution in [0.5, 0.6) is 0 Å². The summed E-state index contributed by atoms with van der Waals surface area (Å²) in [5.74, 6) is -0.448. The van der Waals surface area contributed by atoms with Crippen molar-refractivity contribution in [3.05, 3.63) is 82.5 Å². The van der Waals surface area contributed by atoms with Crippen LogP contribution < -0.4 is 0 Å². The maximum Gasteiger partial charge on any atom is 0.258 e. The number of amides is 1. The van der Waals surface area contributed by atoms with Gasteiger partial charge in [0.15, 0.2) is 0 Å². The molecule has 0 aliphatic carbocycles. The van der Waals surface area contributed by atoms with Gasteiger partial charge in [0.25, 0.3) is 5.91 Å². The molecule has 174 valence electrons. The first-order chi connectivity index (χ1) is 16.4. The third-order valence-electron chi connectivity index (χ3n) is 5.87. The smallest absolute Gasteiger partial charge is 0.258 e. The molecule has 1 atom stereocenters. The van der Waals surface area contributed by atoms with Crippen molar-refractivity contribution in [3.8, 4) is 17.1 Å².